The Morgan fingerprint density at radius 2 is 1.68 bits per heavy atom. The van der Waals surface area contributed by atoms with Crippen LogP contribution in [0.2, 0.25) is 0 Å². The minimum atomic E-state index is 0.755. The summed E-state index contributed by atoms with van der Waals surface area (Å²) in [6.45, 7) is 9.57. The summed E-state index contributed by atoms with van der Waals surface area (Å²) in [4.78, 5) is 11.2. The van der Waals surface area contributed by atoms with Crippen LogP contribution in [0.1, 0.15) is 38.2 Å². The van der Waals surface area contributed by atoms with E-state index >= 15 is 0 Å². The zero-order valence-electron chi connectivity index (χ0n) is 13.6. The molecule has 2 aromatic carbocycles. The Balaban J connectivity index is 2.14. The molecule has 1 heterocycles. The van der Waals surface area contributed by atoms with E-state index in [4.69, 9.17) is 0 Å². The minimum Gasteiger partial charge on any atom is -0.343 e. The number of carbonyl (C=O) groups excluding carboxylic acids is 1. The predicted molar refractivity (Wildman–Crippen MR) is 91.8 cm³/mol. The molecule has 2 nitrogen and oxygen atoms in total. The van der Waals surface area contributed by atoms with E-state index in [1.54, 1.807) is 0 Å². The molecule has 0 aliphatic heterocycles. The first-order valence-corrected chi connectivity index (χ1v) is 7.62. The molecule has 0 N–H and O–H groups in total. The van der Waals surface area contributed by atoms with Crippen LogP contribution >= 0.6 is 0 Å². The number of fused-ring (bicyclic) bond motifs is 1. The van der Waals surface area contributed by atoms with Crippen LogP contribution in [0.3, 0.4) is 0 Å². The Morgan fingerprint density at radius 3 is 2.32 bits per heavy atom. The summed E-state index contributed by atoms with van der Waals surface area (Å²) in [5, 5.41) is 1.03. The van der Waals surface area contributed by atoms with Crippen LogP contribution in [-0.2, 0) is 6.54 Å². The molecule has 0 aliphatic rings. The van der Waals surface area contributed by atoms with Gasteiger partial charge in [0.2, 0.25) is 0 Å². The smallest absolute Gasteiger partial charge is 0.150 e. The molecule has 2 heteroatoms. The van der Waals surface area contributed by atoms with Crippen molar-refractivity contribution in [2.45, 2.75) is 34.2 Å². The molecule has 22 heavy (non-hydrogen) atoms. The largest absolute Gasteiger partial charge is 0.343 e. The summed E-state index contributed by atoms with van der Waals surface area (Å²) in [5.41, 5.74) is 8.64. The number of aryl methyl sites for hydroxylation is 2. The standard InChI is InChI=1S/C20H21NO/c1-13-10-14(2)16(4)19(15(13)3)11-21-9-8-18-17(12-22)6-5-7-20(18)21/h5-10,12H,11H2,1-4H3. The Bertz CT molecular complexity index is 845. The normalized spacial score (nSPS) is 11.1. The van der Waals surface area contributed by atoms with Crippen molar-refractivity contribution in [3.05, 3.63) is 69.9 Å². The summed E-state index contributed by atoms with van der Waals surface area (Å²) in [7, 11) is 0. The molecule has 0 saturated carbocycles. The van der Waals surface area contributed by atoms with Gasteiger partial charge in [0.05, 0.1) is 0 Å². The number of benzene rings is 2. The maximum atomic E-state index is 11.2. The first-order valence-electron chi connectivity index (χ1n) is 7.62. The van der Waals surface area contributed by atoms with E-state index in [-0.39, 0.29) is 0 Å². The molecular formula is C20H21NO. The fourth-order valence-corrected chi connectivity index (χ4v) is 3.19. The molecule has 112 valence electrons. The van der Waals surface area contributed by atoms with Crippen molar-refractivity contribution in [1.29, 1.82) is 0 Å². The maximum absolute atomic E-state index is 11.2. The highest BCUT2D eigenvalue weighted by molar-refractivity contribution is 5.97. The molecule has 0 fully saturated rings. The monoisotopic (exact) mass is 291 g/mol. The Hall–Kier alpha value is -2.35. The van der Waals surface area contributed by atoms with Crippen molar-refractivity contribution in [2.24, 2.45) is 0 Å². The third-order valence-corrected chi connectivity index (χ3v) is 4.82. The van der Waals surface area contributed by atoms with E-state index in [0.717, 1.165) is 29.3 Å². The second kappa shape index (κ2) is 5.45. The van der Waals surface area contributed by atoms with Gasteiger partial charge >= 0.3 is 0 Å². The van der Waals surface area contributed by atoms with Crippen molar-refractivity contribution in [1.82, 2.24) is 4.57 Å². The summed E-state index contributed by atoms with van der Waals surface area (Å²) in [6.07, 6.45) is 3.01. The number of nitrogens with zero attached hydrogens (tertiary/aromatic N) is 1. The lowest BCUT2D eigenvalue weighted by molar-refractivity contribution is 0.112. The van der Waals surface area contributed by atoms with Crippen LogP contribution in [0.4, 0.5) is 0 Å². The highest BCUT2D eigenvalue weighted by Gasteiger charge is 2.11. The Morgan fingerprint density at radius 1 is 1.00 bits per heavy atom. The molecule has 3 aromatic rings. The van der Waals surface area contributed by atoms with Gasteiger partial charge in [0.15, 0.2) is 6.29 Å². The molecule has 0 saturated heterocycles. The number of aldehydes is 1. The molecule has 3 rings (SSSR count). The Kier molecular flexibility index (Phi) is 3.61. The van der Waals surface area contributed by atoms with Gasteiger partial charge in [-0.05, 0) is 67.6 Å². The third-order valence-electron chi connectivity index (χ3n) is 4.82. The average molecular weight is 291 g/mol. The number of hydrogen-bond acceptors (Lipinski definition) is 1. The van der Waals surface area contributed by atoms with Crippen molar-refractivity contribution in [3.8, 4) is 0 Å². The summed E-state index contributed by atoms with van der Waals surface area (Å²) < 4.78 is 2.23. The SMILES string of the molecule is Cc1cc(C)c(C)c(Cn2ccc3c(C=O)cccc32)c1C. The second-order valence-electron chi connectivity index (χ2n) is 6.08. The lowest BCUT2D eigenvalue weighted by Gasteiger charge is -2.16. The molecule has 0 aliphatic carbocycles. The Labute approximate surface area is 131 Å². The first kappa shape index (κ1) is 14.6. The van der Waals surface area contributed by atoms with Gasteiger partial charge in [0, 0.05) is 29.2 Å². The van der Waals surface area contributed by atoms with Crippen LogP contribution in [0.5, 0.6) is 0 Å². The van der Waals surface area contributed by atoms with E-state index in [1.807, 2.05) is 18.2 Å². The van der Waals surface area contributed by atoms with Crippen LogP contribution in [-0.4, -0.2) is 10.9 Å². The second-order valence-corrected chi connectivity index (χ2v) is 6.08. The fraction of sp³-hybridized carbons (Fsp3) is 0.250. The molecule has 0 amide bonds. The van der Waals surface area contributed by atoms with Crippen LogP contribution in [0, 0.1) is 27.7 Å². The molecule has 0 atom stereocenters. The van der Waals surface area contributed by atoms with E-state index in [2.05, 4.69) is 50.6 Å². The van der Waals surface area contributed by atoms with Gasteiger partial charge in [0.1, 0.15) is 0 Å². The average Bonchev–Trinajstić information content (AvgIpc) is 2.92. The predicted octanol–water partition coefficient (Wildman–Crippen LogP) is 4.74. The number of rotatable bonds is 3. The quantitative estimate of drug-likeness (QED) is 0.639. The van der Waals surface area contributed by atoms with Crippen LogP contribution < -0.4 is 0 Å². The van der Waals surface area contributed by atoms with E-state index in [1.165, 1.54) is 27.8 Å². The maximum Gasteiger partial charge on any atom is 0.150 e. The van der Waals surface area contributed by atoms with Gasteiger partial charge < -0.3 is 4.57 Å². The summed E-state index contributed by atoms with van der Waals surface area (Å²) in [5.74, 6) is 0. The topological polar surface area (TPSA) is 22.0 Å². The number of hydrogen-bond donors (Lipinski definition) is 0. The van der Waals surface area contributed by atoms with Crippen molar-refractivity contribution in [3.63, 3.8) is 0 Å². The lowest BCUT2D eigenvalue weighted by Crippen LogP contribution is -2.05. The van der Waals surface area contributed by atoms with Crippen molar-refractivity contribution < 1.29 is 4.79 Å². The molecular weight excluding hydrogens is 270 g/mol. The van der Waals surface area contributed by atoms with Crippen molar-refractivity contribution >= 4 is 17.2 Å². The van der Waals surface area contributed by atoms with E-state index < -0.39 is 0 Å². The summed E-state index contributed by atoms with van der Waals surface area (Å²) >= 11 is 0. The fourth-order valence-electron chi connectivity index (χ4n) is 3.19. The van der Waals surface area contributed by atoms with Gasteiger partial charge in [-0.25, -0.2) is 0 Å². The number of carbonyl (C=O) groups is 1. The van der Waals surface area contributed by atoms with Gasteiger partial charge in [0.25, 0.3) is 0 Å². The first-order chi connectivity index (χ1) is 10.5. The molecule has 1 aromatic heterocycles. The lowest BCUT2D eigenvalue weighted by atomic mass is 9.94. The number of aromatic nitrogens is 1. The van der Waals surface area contributed by atoms with Crippen LogP contribution in [0.25, 0.3) is 10.9 Å². The van der Waals surface area contributed by atoms with Gasteiger partial charge in [-0.3, -0.25) is 4.79 Å². The molecule has 0 radical (unpaired) electrons. The highest BCUT2D eigenvalue weighted by Crippen LogP contribution is 2.25. The third kappa shape index (κ3) is 2.25. The van der Waals surface area contributed by atoms with Crippen molar-refractivity contribution in [2.75, 3.05) is 0 Å². The van der Waals surface area contributed by atoms with Gasteiger partial charge in [-0.15, -0.1) is 0 Å². The van der Waals surface area contributed by atoms with E-state index in [0.29, 0.717) is 0 Å². The highest BCUT2D eigenvalue weighted by atomic mass is 16.1. The van der Waals surface area contributed by atoms with Gasteiger partial charge in [-0.2, -0.15) is 0 Å². The zero-order chi connectivity index (χ0) is 15.9. The summed E-state index contributed by atoms with van der Waals surface area (Å²) in [6, 6.07) is 10.2. The molecule has 0 spiro atoms. The zero-order valence-corrected chi connectivity index (χ0v) is 13.6. The minimum absolute atomic E-state index is 0.755. The van der Waals surface area contributed by atoms with Gasteiger partial charge in [-0.1, -0.05) is 18.2 Å². The van der Waals surface area contributed by atoms with Crippen LogP contribution in [0.15, 0.2) is 36.5 Å². The molecule has 0 unspecified atom stereocenters. The van der Waals surface area contributed by atoms with E-state index in [9.17, 15) is 4.79 Å². The molecule has 0 bridgehead atoms.